The van der Waals surface area contributed by atoms with E-state index in [2.05, 4.69) is 10.2 Å². The molecule has 0 radical (unpaired) electrons. The Morgan fingerprint density at radius 2 is 2.00 bits per heavy atom. The van der Waals surface area contributed by atoms with E-state index in [-0.39, 0.29) is 11.7 Å². The van der Waals surface area contributed by atoms with Gasteiger partial charge in [0.1, 0.15) is 11.4 Å². The molecule has 2 rings (SSSR count). The van der Waals surface area contributed by atoms with Crippen LogP contribution in [0.2, 0.25) is 0 Å². The third-order valence-electron chi connectivity index (χ3n) is 3.86. The van der Waals surface area contributed by atoms with Crippen molar-refractivity contribution in [2.24, 2.45) is 0 Å². The van der Waals surface area contributed by atoms with E-state index >= 15 is 0 Å². The Hall–Kier alpha value is -1.62. The fourth-order valence-electron chi connectivity index (χ4n) is 2.66. The molecule has 0 unspecified atom stereocenters. The SMILES string of the molecule is CN1CCC(Nc2cccc(F)c2)(C(=O)N(C)C)CC1. The average Bonchev–Trinajstić information content (AvgIpc) is 2.41. The number of nitrogens with zero attached hydrogens (tertiary/aromatic N) is 2. The van der Waals surface area contributed by atoms with Gasteiger partial charge in [0.05, 0.1) is 0 Å². The number of piperidine rings is 1. The van der Waals surface area contributed by atoms with Crippen molar-refractivity contribution < 1.29 is 9.18 Å². The number of benzene rings is 1. The molecule has 110 valence electrons. The number of carbonyl (C=O) groups excluding carboxylic acids is 1. The summed E-state index contributed by atoms with van der Waals surface area (Å²) in [7, 11) is 5.57. The van der Waals surface area contributed by atoms with Crippen molar-refractivity contribution in [2.75, 3.05) is 39.5 Å². The van der Waals surface area contributed by atoms with Gasteiger partial charge in [0.2, 0.25) is 5.91 Å². The fraction of sp³-hybridized carbons (Fsp3) is 0.533. The Labute approximate surface area is 119 Å². The van der Waals surface area contributed by atoms with Crippen molar-refractivity contribution in [2.45, 2.75) is 18.4 Å². The van der Waals surface area contributed by atoms with E-state index in [0.717, 1.165) is 25.9 Å². The number of halogens is 1. The first-order valence-corrected chi connectivity index (χ1v) is 6.87. The molecule has 1 aliphatic rings. The molecule has 5 heteroatoms. The second kappa shape index (κ2) is 5.79. The lowest BCUT2D eigenvalue weighted by atomic mass is 9.85. The summed E-state index contributed by atoms with van der Waals surface area (Å²) in [5.74, 6) is -0.245. The molecular formula is C15H22FN3O. The predicted octanol–water partition coefficient (Wildman–Crippen LogP) is 1.79. The van der Waals surface area contributed by atoms with E-state index in [1.165, 1.54) is 12.1 Å². The van der Waals surface area contributed by atoms with Crippen LogP contribution < -0.4 is 5.32 Å². The first-order chi connectivity index (χ1) is 9.43. The minimum atomic E-state index is -0.635. The maximum atomic E-state index is 13.3. The zero-order valence-corrected chi connectivity index (χ0v) is 12.3. The number of amides is 1. The number of carbonyl (C=O) groups is 1. The third kappa shape index (κ3) is 3.10. The summed E-state index contributed by atoms with van der Waals surface area (Å²) in [4.78, 5) is 16.4. The number of likely N-dealkylation sites (tertiary alicyclic amines) is 1. The lowest BCUT2D eigenvalue weighted by Crippen LogP contribution is -2.57. The van der Waals surface area contributed by atoms with Gasteiger partial charge in [-0.1, -0.05) is 6.07 Å². The van der Waals surface area contributed by atoms with Gasteiger partial charge in [-0.25, -0.2) is 4.39 Å². The van der Waals surface area contributed by atoms with E-state index in [1.807, 2.05) is 7.05 Å². The van der Waals surface area contributed by atoms with E-state index in [0.29, 0.717) is 5.69 Å². The third-order valence-corrected chi connectivity index (χ3v) is 3.86. The number of nitrogens with one attached hydrogen (secondary N) is 1. The molecular weight excluding hydrogens is 257 g/mol. The lowest BCUT2D eigenvalue weighted by molar-refractivity contribution is -0.135. The van der Waals surface area contributed by atoms with Gasteiger partial charge in [0.15, 0.2) is 0 Å². The normalized spacial score (nSPS) is 18.6. The van der Waals surface area contributed by atoms with E-state index in [4.69, 9.17) is 0 Å². The highest BCUT2D eigenvalue weighted by molar-refractivity contribution is 5.89. The van der Waals surface area contributed by atoms with Gasteiger partial charge in [0, 0.05) is 32.9 Å². The first-order valence-electron chi connectivity index (χ1n) is 6.87. The van der Waals surface area contributed by atoms with Gasteiger partial charge < -0.3 is 15.1 Å². The van der Waals surface area contributed by atoms with Crippen LogP contribution in [0, 0.1) is 5.82 Å². The van der Waals surface area contributed by atoms with Crippen LogP contribution >= 0.6 is 0 Å². The van der Waals surface area contributed by atoms with Crippen molar-refractivity contribution in [3.05, 3.63) is 30.1 Å². The average molecular weight is 279 g/mol. The second-order valence-corrected chi connectivity index (χ2v) is 5.72. The Balaban J connectivity index is 2.25. The molecule has 0 saturated carbocycles. The van der Waals surface area contributed by atoms with E-state index in [9.17, 15) is 9.18 Å². The highest BCUT2D eigenvalue weighted by Crippen LogP contribution is 2.28. The number of likely N-dealkylation sites (N-methyl/N-ethyl adjacent to an activating group) is 1. The van der Waals surface area contributed by atoms with Crippen LogP contribution in [0.3, 0.4) is 0 Å². The molecule has 1 heterocycles. The van der Waals surface area contributed by atoms with Crippen LogP contribution in [0.5, 0.6) is 0 Å². The summed E-state index contributed by atoms with van der Waals surface area (Å²) in [6, 6.07) is 6.29. The second-order valence-electron chi connectivity index (χ2n) is 5.72. The summed E-state index contributed by atoms with van der Waals surface area (Å²) in [5, 5.41) is 3.28. The smallest absolute Gasteiger partial charge is 0.247 e. The number of rotatable bonds is 3. The molecule has 0 spiro atoms. The van der Waals surface area contributed by atoms with Gasteiger partial charge in [-0.05, 0) is 38.1 Å². The molecule has 1 aromatic rings. The quantitative estimate of drug-likeness (QED) is 0.916. The molecule has 1 aromatic carbocycles. The predicted molar refractivity (Wildman–Crippen MR) is 78.2 cm³/mol. The molecule has 0 bridgehead atoms. The van der Waals surface area contributed by atoms with Gasteiger partial charge >= 0.3 is 0 Å². The lowest BCUT2D eigenvalue weighted by Gasteiger charge is -2.42. The first kappa shape index (κ1) is 14.8. The van der Waals surface area contributed by atoms with Crippen molar-refractivity contribution in [3.63, 3.8) is 0 Å². The number of hydrogen-bond donors (Lipinski definition) is 1. The molecule has 1 aliphatic heterocycles. The van der Waals surface area contributed by atoms with E-state index < -0.39 is 5.54 Å². The maximum absolute atomic E-state index is 13.3. The minimum absolute atomic E-state index is 0.0508. The molecule has 1 amide bonds. The van der Waals surface area contributed by atoms with Crippen LogP contribution in [0.25, 0.3) is 0 Å². The monoisotopic (exact) mass is 279 g/mol. The molecule has 0 atom stereocenters. The standard InChI is InChI=1S/C15H22FN3O/c1-18(2)14(20)15(7-9-19(3)10-8-15)17-13-6-4-5-12(16)11-13/h4-6,11,17H,7-10H2,1-3H3. The summed E-state index contributed by atoms with van der Waals surface area (Å²) in [6.07, 6.45) is 1.44. The highest BCUT2D eigenvalue weighted by Gasteiger charge is 2.41. The van der Waals surface area contributed by atoms with Crippen molar-refractivity contribution in [3.8, 4) is 0 Å². The van der Waals surface area contributed by atoms with Crippen molar-refractivity contribution in [1.82, 2.24) is 9.80 Å². The molecule has 1 fully saturated rings. The van der Waals surface area contributed by atoms with Gasteiger partial charge in [-0.15, -0.1) is 0 Å². The van der Waals surface area contributed by atoms with E-state index in [1.54, 1.807) is 31.1 Å². The Morgan fingerprint density at radius 3 is 2.55 bits per heavy atom. The minimum Gasteiger partial charge on any atom is -0.371 e. The van der Waals surface area contributed by atoms with Crippen LogP contribution in [0.4, 0.5) is 10.1 Å². The van der Waals surface area contributed by atoms with Gasteiger partial charge in [-0.3, -0.25) is 4.79 Å². The van der Waals surface area contributed by atoms with Crippen molar-refractivity contribution >= 4 is 11.6 Å². The van der Waals surface area contributed by atoms with Gasteiger partial charge in [0.25, 0.3) is 0 Å². The molecule has 4 nitrogen and oxygen atoms in total. The molecule has 1 saturated heterocycles. The Morgan fingerprint density at radius 1 is 1.35 bits per heavy atom. The van der Waals surface area contributed by atoms with Crippen LogP contribution in [0.1, 0.15) is 12.8 Å². The molecule has 0 aliphatic carbocycles. The van der Waals surface area contributed by atoms with Crippen LogP contribution in [-0.4, -0.2) is 55.5 Å². The maximum Gasteiger partial charge on any atom is 0.247 e. The van der Waals surface area contributed by atoms with Crippen molar-refractivity contribution in [1.29, 1.82) is 0 Å². The largest absolute Gasteiger partial charge is 0.371 e. The Bertz CT molecular complexity index is 482. The number of anilines is 1. The number of hydrogen-bond acceptors (Lipinski definition) is 3. The zero-order valence-electron chi connectivity index (χ0n) is 12.3. The summed E-state index contributed by atoms with van der Waals surface area (Å²) >= 11 is 0. The summed E-state index contributed by atoms with van der Waals surface area (Å²) < 4.78 is 13.3. The van der Waals surface area contributed by atoms with Gasteiger partial charge in [-0.2, -0.15) is 0 Å². The van der Waals surface area contributed by atoms with Crippen LogP contribution in [-0.2, 0) is 4.79 Å². The highest BCUT2D eigenvalue weighted by atomic mass is 19.1. The fourth-order valence-corrected chi connectivity index (χ4v) is 2.66. The molecule has 20 heavy (non-hydrogen) atoms. The Kier molecular flexibility index (Phi) is 4.28. The summed E-state index contributed by atoms with van der Waals surface area (Å²) in [6.45, 7) is 1.70. The topological polar surface area (TPSA) is 35.6 Å². The summed E-state index contributed by atoms with van der Waals surface area (Å²) in [5.41, 5.74) is 0.0221. The molecule has 1 N–H and O–H groups in total. The zero-order chi connectivity index (χ0) is 14.8. The van der Waals surface area contributed by atoms with Crippen LogP contribution in [0.15, 0.2) is 24.3 Å². The molecule has 0 aromatic heterocycles.